The zero-order chi connectivity index (χ0) is 13.3. The molecule has 18 heavy (non-hydrogen) atoms. The summed E-state index contributed by atoms with van der Waals surface area (Å²) in [6.45, 7) is 3.80. The summed E-state index contributed by atoms with van der Waals surface area (Å²) >= 11 is 6.97. The van der Waals surface area contributed by atoms with Crippen LogP contribution in [0.25, 0.3) is 0 Å². The smallest absolute Gasteiger partial charge is 0.320 e. The highest BCUT2D eigenvalue weighted by molar-refractivity contribution is 9.11. The van der Waals surface area contributed by atoms with Crippen LogP contribution in [0.2, 0.25) is 0 Å². The second kappa shape index (κ2) is 5.38. The molecule has 0 aliphatic rings. The van der Waals surface area contributed by atoms with Crippen molar-refractivity contribution >= 4 is 43.6 Å². The Morgan fingerprint density at radius 1 is 1.28 bits per heavy atom. The highest BCUT2D eigenvalue weighted by Crippen LogP contribution is 2.34. The standard InChI is InChI=1S/C11H12Br2N4O/c1-5-3-7(12)9(8(13)4-5)15-11-17-16-10(18-11)6(2)14/h3-4,6H,14H2,1-2H3,(H,15,17). The van der Waals surface area contributed by atoms with Crippen molar-refractivity contribution in [3.05, 3.63) is 32.5 Å². The first-order chi connectivity index (χ1) is 8.47. The predicted molar refractivity (Wildman–Crippen MR) is 76.8 cm³/mol. The molecule has 2 rings (SSSR count). The summed E-state index contributed by atoms with van der Waals surface area (Å²) in [4.78, 5) is 0. The average Bonchev–Trinajstić information content (AvgIpc) is 2.71. The maximum atomic E-state index is 5.66. The van der Waals surface area contributed by atoms with E-state index in [4.69, 9.17) is 10.2 Å². The number of halogens is 2. The van der Waals surface area contributed by atoms with E-state index < -0.39 is 0 Å². The van der Waals surface area contributed by atoms with Gasteiger partial charge in [0.1, 0.15) is 0 Å². The minimum absolute atomic E-state index is 0.280. The number of nitrogens with zero attached hydrogens (tertiary/aromatic N) is 2. The molecule has 96 valence electrons. The Labute approximate surface area is 121 Å². The summed E-state index contributed by atoms with van der Waals surface area (Å²) < 4.78 is 7.21. The Kier molecular flexibility index (Phi) is 4.04. The second-order valence-electron chi connectivity index (χ2n) is 3.96. The van der Waals surface area contributed by atoms with Crippen LogP contribution in [0.15, 0.2) is 25.5 Å². The molecular weight excluding hydrogens is 364 g/mol. The van der Waals surface area contributed by atoms with Crippen LogP contribution in [-0.4, -0.2) is 10.2 Å². The maximum Gasteiger partial charge on any atom is 0.320 e. The Balaban J connectivity index is 2.28. The van der Waals surface area contributed by atoms with Gasteiger partial charge < -0.3 is 15.5 Å². The van der Waals surface area contributed by atoms with Crippen molar-refractivity contribution in [2.75, 3.05) is 5.32 Å². The molecule has 0 spiro atoms. The molecule has 7 heteroatoms. The average molecular weight is 376 g/mol. The lowest BCUT2D eigenvalue weighted by atomic mass is 10.2. The van der Waals surface area contributed by atoms with Crippen LogP contribution >= 0.6 is 31.9 Å². The molecule has 1 aromatic carbocycles. The second-order valence-corrected chi connectivity index (χ2v) is 5.67. The third-order valence-corrected chi connectivity index (χ3v) is 3.50. The van der Waals surface area contributed by atoms with E-state index in [9.17, 15) is 0 Å². The number of aryl methyl sites for hydroxylation is 1. The molecule has 0 fully saturated rings. The van der Waals surface area contributed by atoms with Crippen LogP contribution in [0.5, 0.6) is 0 Å². The van der Waals surface area contributed by atoms with Gasteiger partial charge in [-0.15, -0.1) is 5.10 Å². The van der Waals surface area contributed by atoms with Gasteiger partial charge in [-0.3, -0.25) is 0 Å². The normalized spacial score (nSPS) is 12.5. The van der Waals surface area contributed by atoms with E-state index in [1.54, 1.807) is 6.92 Å². The number of hydrogen-bond acceptors (Lipinski definition) is 5. The topological polar surface area (TPSA) is 77.0 Å². The lowest BCUT2D eigenvalue weighted by molar-refractivity contribution is 0.475. The van der Waals surface area contributed by atoms with Gasteiger partial charge in [-0.2, -0.15) is 0 Å². The molecule has 2 aromatic rings. The highest BCUT2D eigenvalue weighted by Gasteiger charge is 2.13. The van der Waals surface area contributed by atoms with Crippen molar-refractivity contribution in [1.29, 1.82) is 0 Å². The first kappa shape index (κ1) is 13.5. The van der Waals surface area contributed by atoms with Gasteiger partial charge in [-0.1, -0.05) is 5.10 Å². The molecule has 0 aliphatic heterocycles. The van der Waals surface area contributed by atoms with Crippen LogP contribution in [-0.2, 0) is 0 Å². The molecule has 1 atom stereocenters. The Hall–Kier alpha value is -0.920. The van der Waals surface area contributed by atoms with Crippen molar-refractivity contribution in [2.24, 2.45) is 5.73 Å². The molecule has 0 saturated heterocycles. The van der Waals surface area contributed by atoms with Crippen molar-refractivity contribution < 1.29 is 4.42 Å². The third kappa shape index (κ3) is 2.90. The Morgan fingerprint density at radius 3 is 2.39 bits per heavy atom. The van der Waals surface area contributed by atoms with E-state index in [-0.39, 0.29) is 6.04 Å². The van der Waals surface area contributed by atoms with Gasteiger partial charge in [-0.25, -0.2) is 0 Å². The zero-order valence-electron chi connectivity index (χ0n) is 9.87. The Morgan fingerprint density at radius 2 is 1.89 bits per heavy atom. The van der Waals surface area contributed by atoms with Gasteiger partial charge in [0.2, 0.25) is 5.89 Å². The third-order valence-electron chi connectivity index (χ3n) is 2.25. The number of nitrogens with two attached hydrogens (primary N) is 1. The number of anilines is 2. The number of benzene rings is 1. The maximum absolute atomic E-state index is 5.66. The Bertz CT molecular complexity index is 545. The highest BCUT2D eigenvalue weighted by atomic mass is 79.9. The van der Waals surface area contributed by atoms with Crippen LogP contribution in [0.1, 0.15) is 24.4 Å². The van der Waals surface area contributed by atoms with Crippen molar-refractivity contribution in [3.8, 4) is 0 Å². The van der Waals surface area contributed by atoms with Gasteiger partial charge in [0.05, 0.1) is 11.7 Å². The monoisotopic (exact) mass is 374 g/mol. The molecule has 1 heterocycles. The molecule has 0 radical (unpaired) electrons. The van der Waals surface area contributed by atoms with Crippen LogP contribution in [0.3, 0.4) is 0 Å². The molecule has 5 nitrogen and oxygen atoms in total. The first-order valence-electron chi connectivity index (χ1n) is 5.29. The largest absolute Gasteiger partial charge is 0.406 e. The van der Waals surface area contributed by atoms with E-state index in [2.05, 4.69) is 47.4 Å². The summed E-state index contributed by atoms with van der Waals surface area (Å²) in [5, 5.41) is 10.8. The summed E-state index contributed by atoms with van der Waals surface area (Å²) in [5.41, 5.74) is 7.63. The first-order valence-corrected chi connectivity index (χ1v) is 6.87. The van der Waals surface area contributed by atoms with Gasteiger partial charge in [-0.05, 0) is 63.4 Å². The SMILES string of the molecule is Cc1cc(Br)c(Nc2nnc(C(C)N)o2)c(Br)c1. The fraction of sp³-hybridized carbons (Fsp3) is 0.273. The zero-order valence-corrected chi connectivity index (χ0v) is 13.0. The molecule has 3 N–H and O–H groups in total. The fourth-order valence-electron chi connectivity index (χ4n) is 1.40. The molecule has 0 aliphatic carbocycles. The molecule has 1 unspecified atom stereocenters. The minimum atomic E-state index is -0.280. The predicted octanol–water partition coefficient (Wildman–Crippen LogP) is 3.67. The van der Waals surface area contributed by atoms with Crippen molar-refractivity contribution in [2.45, 2.75) is 19.9 Å². The molecule has 0 saturated carbocycles. The minimum Gasteiger partial charge on any atom is -0.406 e. The van der Waals surface area contributed by atoms with Gasteiger partial charge in [0, 0.05) is 8.95 Å². The van der Waals surface area contributed by atoms with Crippen molar-refractivity contribution in [1.82, 2.24) is 10.2 Å². The van der Waals surface area contributed by atoms with E-state index in [1.165, 1.54) is 0 Å². The van der Waals surface area contributed by atoms with E-state index in [1.807, 2.05) is 19.1 Å². The number of hydrogen-bond donors (Lipinski definition) is 2. The van der Waals surface area contributed by atoms with E-state index >= 15 is 0 Å². The number of rotatable bonds is 3. The summed E-state index contributed by atoms with van der Waals surface area (Å²) in [7, 11) is 0. The van der Waals surface area contributed by atoms with Crippen LogP contribution in [0, 0.1) is 6.92 Å². The number of aromatic nitrogens is 2. The lowest BCUT2D eigenvalue weighted by Crippen LogP contribution is -2.04. The van der Waals surface area contributed by atoms with Crippen molar-refractivity contribution in [3.63, 3.8) is 0 Å². The number of nitrogens with one attached hydrogen (secondary N) is 1. The molecule has 1 aromatic heterocycles. The fourth-order valence-corrected chi connectivity index (χ4v) is 3.01. The quantitative estimate of drug-likeness (QED) is 0.855. The van der Waals surface area contributed by atoms with Gasteiger partial charge >= 0.3 is 6.01 Å². The van der Waals surface area contributed by atoms with Crippen LogP contribution in [0.4, 0.5) is 11.7 Å². The van der Waals surface area contributed by atoms with Gasteiger partial charge in [0.25, 0.3) is 0 Å². The molecule has 0 bridgehead atoms. The van der Waals surface area contributed by atoms with E-state index in [0.29, 0.717) is 11.9 Å². The van der Waals surface area contributed by atoms with Crippen LogP contribution < -0.4 is 11.1 Å². The summed E-state index contributed by atoms with van der Waals surface area (Å²) in [5.74, 6) is 0.400. The van der Waals surface area contributed by atoms with E-state index in [0.717, 1.165) is 20.2 Å². The summed E-state index contributed by atoms with van der Waals surface area (Å²) in [6, 6.07) is 4.02. The summed E-state index contributed by atoms with van der Waals surface area (Å²) in [6.07, 6.45) is 0. The molecular formula is C11H12Br2N4O. The molecule has 0 amide bonds. The lowest BCUT2D eigenvalue weighted by Gasteiger charge is -2.08. The van der Waals surface area contributed by atoms with Gasteiger partial charge in [0.15, 0.2) is 0 Å².